The molecule has 0 fully saturated rings. The quantitative estimate of drug-likeness (QED) is 0.806. The van der Waals surface area contributed by atoms with Crippen LogP contribution in [0.3, 0.4) is 0 Å². The van der Waals surface area contributed by atoms with E-state index in [0.29, 0.717) is 29.2 Å². The monoisotopic (exact) mass is 343 g/mol. The van der Waals surface area contributed by atoms with Crippen molar-refractivity contribution < 1.29 is 24.2 Å². The minimum atomic E-state index is -0.828. The van der Waals surface area contributed by atoms with E-state index >= 15 is 0 Å². The third-order valence-corrected chi connectivity index (χ3v) is 3.82. The number of carboxylic acid groups (broad SMARTS) is 1. The number of rotatable bonds is 7. The molecule has 6 heteroatoms. The van der Waals surface area contributed by atoms with Crippen molar-refractivity contribution in [2.24, 2.45) is 5.92 Å². The second kappa shape index (κ2) is 8.19. The molecule has 0 heterocycles. The lowest BCUT2D eigenvalue weighted by Crippen LogP contribution is -2.13. The Kier molecular flexibility index (Phi) is 6.00. The van der Waals surface area contributed by atoms with E-state index in [0.717, 1.165) is 5.56 Å². The molecule has 2 aromatic carbocycles. The van der Waals surface area contributed by atoms with E-state index in [1.54, 1.807) is 37.3 Å². The molecule has 0 aliphatic carbocycles. The molecule has 1 atom stereocenters. The van der Waals surface area contributed by atoms with Gasteiger partial charge in [0.2, 0.25) is 0 Å². The average Bonchev–Trinajstić information content (AvgIpc) is 2.62. The number of hydrogen-bond acceptors (Lipinski definition) is 4. The van der Waals surface area contributed by atoms with Crippen molar-refractivity contribution in [2.75, 3.05) is 19.5 Å². The molecule has 0 aromatic heterocycles. The maximum atomic E-state index is 12.3. The van der Waals surface area contributed by atoms with E-state index in [1.165, 1.54) is 14.2 Å². The van der Waals surface area contributed by atoms with Crippen LogP contribution in [0.25, 0.3) is 0 Å². The fraction of sp³-hybridized carbons (Fsp3) is 0.263. The van der Waals surface area contributed by atoms with Gasteiger partial charge in [0.25, 0.3) is 5.91 Å². The van der Waals surface area contributed by atoms with E-state index in [-0.39, 0.29) is 5.91 Å². The highest BCUT2D eigenvalue weighted by molar-refractivity contribution is 6.04. The number of methoxy groups -OCH3 is 2. The van der Waals surface area contributed by atoms with E-state index in [9.17, 15) is 9.59 Å². The molecule has 0 saturated heterocycles. The van der Waals surface area contributed by atoms with Crippen molar-refractivity contribution in [1.82, 2.24) is 0 Å². The third kappa shape index (κ3) is 4.73. The third-order valence-electron chi connectivity index (χ3n) is 3.82. The van der Waals surface area contributed by atoms with Gasteiger partial charge in [-0.1, -0.05) is 19.1 Å². The van der Waals surface area contributed by atoms with Gasteiger partial charge in [-0.2, -0.15) is 0 Å². The van der Waals surface area contributed by atoms with Gasteiger partial charge in [0.1, 0.15) is 0 Å². The number of benzene rings is 2. The summed E-state index contributed by atoms with van der Waals surface area (Å²) in [6, 6.07) is 12.1. The highest BCUT2D eigenvalue weighted by atomic mass is 16.5. The van der Waals surface area contributed by atoms with Crippen molar-refractivity contribution in [1.29, 1.82) is 0 Å². The molecule has 1 unspecified atom stereocenters. The van der Waals surface area contributed by atoms with E-state index in [2.05, 4.69) is 5.32 Å². The van der Waals surface area contributed by atoms with E-state index in [4.69, 9.17) is 14.6 Å². The molecule has 0 bridgehead atoms. The van der Waals surface area contributed by atoms with Crippen LogP contribution in [0.4, 0.5) is 5.69 Å². The van der Waals surface area contributed by atoms with Crippen LogP contribution < -0.4 is 14.8 Å². The van der Waals surface area contributed by atoms with Crippen LogP contribution in [-0.2, 0) is 11.2 Å². The number of hydrogen-bond donors (Lipinski definition) is 2. The summed E-state index contributed by atoms with van der Waals surface area (Å²) in [5.74, 6) is -0.519. The molecule has 0 aliphatic heterocycles. The first-order valence-corrected chi connectivity index (χ1v) is 7.79. The molecule has 0 saturated carbocycles. The smallest absolute Gasteiger partial charge is 0.306 e. The number of ether oxygens (including phenoxy) is 2. The van der Waals surface area contributed by atoms with Crippen LogP contribution in [0.1, 0.15) is 22.8 Å². The van der Waals surface area contributed by atoms with Gasteiger partial charge in [0, 0.05) is 11.3 Å². The zero-order chi connectivity index (χ0) is 18.4. The second-order valence-corrected chi connectivity index (χ2v) is 5.66. The Balaban J connectivity index is 2.06. The second-order valence-electron chi connectivity index (χ2n) is 5.66. The molecule has 25 heavy (non-hydrogen) atoms. The Bertz CT molecular complexity index is 755. The average molecular weight is 343 g/mol. The summed E-state index contributed by atoms with van der Waals surface area (Å²) in [4.78, 5) is 23.2. The largest absolute Gasteiger partial charge is 0.493 e. The molecule has 0 radical (unpaired) electrons. The van der Waals surface area contributed by atoms with Crippen molar-refractivity contribution in [3.05, 3.63) is 53.6 Å². The fourth-order valence-electron chi connectivity index (χ4n) is 2.35. The Morgan fingerprint density at radius 3 is 2.24 bits per heavy atom. The summed E-state index contributed by atoms with van der Waals surface area (Å²) in [6.45, 7) is 1.66. The molecule has 2 aromatic rings. The van der Waals surface area contributed by atoms with Crippen LogP contribution in [-0.4, -0.2) is 31.2 Å². The summed E-state index contributed by atoms with van der Waals surface area (Å²) in [7, 11) is 3.04. The highest BCUT2D eigenvalue weighted by Crippen LogP contribution is 2.27. The summed E-state index contributed by atoms with van der Waals surface area (Å²) >= 11 is 0. The molecule has 132 valence electrons. The Morgan fingerprint density at radius 2 is 1.68 bits per heavy atom. The van der Waals surface area contributed by atoms with E-state index in [1.807, 2.05) is 12.1 Å². The first kappa shape index (κ1) is 18.3. The number of anilines is 1. The molecule has 6 nitrogen and oxygen atoms in total. The standard InChI is InChI=1S/C19H21NO5/c1-12(19(22)23)10-13-4-7-15(8-5-13)20-18(21)14-6-9-16(24-2)17(11-14)25-3/h4-9,11-12H,10H2,1-3H3,(H,20,21)(H,22,23). The van der Waals surface area contributed by atoms with E-state index < -0.39 is 11.9 Å². The van der Waals surface area contributed by atoms with Gasteiger partial charge in [-0.15, -0.1) is 0 Å². The minimum Gasteiger partial charge on any atom is -0.493 e. The molecule has 0 spiro atoms. The maximum Gasteiger partial charge on any atom is 0.306 e. The van der Waals surface area contributed by atoms with Gasteiger partial charge < -0.3 is 19.9 Å². The Hall–Kier alpha value is -3.02. The summed E-state index contributed by atoms with van der Waals surface area (Å²) in [6.07, 6.45) is 0.444. The number of carbonyl (C=O) groups is 2. The lowest BCUT2D eigenvalue weighted by Gasteiger charge is -2.11. The fourth-order valence-corrected chi connectivity index (χ4v) is 2.35. The highest BCUT2D eigenvalue weighted by Gasteiger charge is 2.13. The zero-order valence-electron chi connectivity index (χ0n) is 14.4. The number of aliphatic carboxylic acids is 1. The van der Waals surface area contributed by atoms with Crippen LogP contribution >= 0.6 is 0 Å². The molecular formula is C19H21NO5. The van der Waals surface area contributed by atoms with Crippen LogP contribution in [0.5, 0.6) is 11.5 Å². The van der Waals surface area contributed by atoms with Crippen molar-refractivity contribution >= 4 is 17.6 Å². The van der Waals surface area contributed by atoms with Crippen LogP contribution in [0.2, 0.25) is 0 Å². The van der Waals surface area contributed by atoms with Gasteiger partial charge in [-0.05, 0) is 42.3 Å². The molecule has 2 rings (SSSR count). The summed E-state index contributed by atoms with van der Waals surface area (Å²) < 4.78 is 10.3. The zero-order valence-corrected chi connectivity index (χ0v) is 14.4. The lowest BCUT2D eigenvalue weighted by atomic mass is 10.0. The van der Waals surface area contributed by atoms with Crippen molar-refractivity contribution in [2.45, 2.75) is 13.3 Å². The van der Waals surface area contributed by atoms with Crippen LogP contribution in [0.15, 0.2) is 42.5 Å². The maximum absolute atomic E-state index is 12.3. The topological polar surface area (TPSA) is 84.9 Å². The first-order chi connectivity index (χ1) is 11.9. The number of nitrogens with one attached hydrogen (secondary N) is 1. The molecule has 2 N–H and O–H groups in total. The van der Waals surface area contributed by atoms with Gasteiger partial charge in [-0.25, -0.2) is 0 Å². The summed E-state index contributed by atoms with van der Waals surface area (Å²) in [5, 5.41) is 11.7. The van der Waals surface area contributed by atoms with Crippen LogP contribution in [0, 0.1) is 5.92 Å². The minimum absolute atomic E-state index is 0.271. The lowest BCUT2D eigenvalue weighted by molar-refractivity contribution is -0.141. The van der Waals surface area contributed by atoms with Gasteiger partial charge >= 0.3 is 5.97 Å². The Labute approximate surface area is 146 Å². The van der Waals surface area contributed by atoms with Crippen molar-refractivity contribution in [3.8, 4) is 11.5 Å². The van der Waals surface area contributed by atoms with Gasteiger partial charge in [0.15, 0.2) is 11.5 Å². The molecule has 0 aliphatic rings. The molecular weight excluding hydrogens is 322 g/mol. The number of amides is 1. The normalized spacial score (nSPS) is 11.5. The summed E-state index contributed by atoms with van der Waals surface area (Å²) in [5.41, 5.74) is 1.98. The molecule has 1 amide bonds. The number of carbonyl (C=O) groups excluding carboxylic acids is 1. The Morgan fingerprint density at radius 1 is 1.04 bits per heavy atom. The predicted octanol–water partition coefficient (Wildman–Crippen LogP) is 3.22. The van der Waals surface area contributed by atoms with Gasteiger partial charge in [-0.3, -0.25) is 9.59 Å². The van der Waals surface area contributed by atoms with Gasteiger partial charge in [0.05, 0.1) is 20.1 Å². The predicted molar refractivity (Wildman–Crippen MR) is 94.4 cm³/mol. The first-order valence-electron chi connectivity index (χ1n) is 7.79. The van der Waals surface area contributed by atoms with Crippen molar-refractivity contribution in [3.63, 3.8) is 0 Å². The number of carboxylic acids is 1. The SMILES string of the molecule is COc1ccc(C(=O)Nc2ccc(CC(C)C(=O)O)cc2)cc1OC.